The lowest BCUT2D eigenvalue weighted by Crippen LogP contribution is -2.53. The Bertz CT molecular complexity index is 236. The van der Waals surface area contributed by atoms with E-state index >= 15 is 0 Å². The minimum atomic E-state index is 0. The van der Waals surface area contributed by atoms with E-state index in [1.165, 1.54) is 38.5 Å². The summed E-state index contributed by atoms with van der Waals surface area (Å²) in [4.78, 5) is 11.7. The highest BCUT2D eigenvalue weighted by Crippen LogP contribution is 2.27. The Balaban J connectivity index is 0.00000144. The van der Waals surface area contributed by atoms with E-state index in [0.717, 1.165) is 19.0 Å². The highest BCUT2D eigenvalue weighted by molar-refractivity contribution is 5.85. The van der Waals surface area contributed by atoms with E-state index < -0.39 is 0 Å². The Morgan fingerprint density at radius 3 is 2.35 bits per heavy atom. The number of carbonyl (C=O) groups excluding carboxylic acids is 1. The van der Waals surface area contributed by atoms with Gasteiger partial charge in [0.1, 0.15) is 0 Å². The molecule has 100 valence electrons. The van der Waals surface area contributed by atoms with Crippen LogP contribution in [0.4, 0.5) is 0 Å². The van der Waals surface area contributed by atoms with Gasteiger partial charge in [-0.15, -0.1) is 12.4 Å². The lowest BCUT2D eigenvalue weighted by Gasteiger charge is -2.32. The van der Waals surface area contributed by atoms with Crippen molar-refractivity contribution in [1.82, 2.24) is 10.6 Å². The number of carbonyl (C=O) groups is 1. The summed E-state index contributed by atoms with van der Waals surface area (Å²) in [7, 11) is 0. The summed E-state index contributed by atoms with van der Waals surface area (Å²) in [6.45, 7) is 4.01. The molecule has 1 aliphatic heterocycles. The van der Waals surface area contributed by atoms with Gasteiger partial charge in [-0.25, -0.2) is 0 Å². The Morgan fingerprint density at radius 1 is 1.24 bits per heavy atom. The third kappa shape index (κ3) is 4.14. The van der Waals surface area contributed by atoms with Crippen LogP contribution in [0.15, 0.2) is 0 Å². The zero-order valence-corrected chi connectivity index (χ0v) is 11.5. The van der Waals surface area contributed by atoms with Crippen molar-refractivity contribution in [2.24, 2.45) is 11.8 Å². The Labute approximate surface area is 111 Å². The van der Waals surface area contributed by atoms with Crippen LogP contribution in [0.1, 0.15) is 45.4 Å². The molecule has 1 amide bonds. The topological polar surface area (TPSA) is 41.1 Å². The molecule has 3 nitrogen and oxygen atoms in total. The van der Waals surface area contributed by atoms with Gasteiger partial charge in [-0.2, -0.15) is 0 Å². The fourth-order valence-electron chi connectivity index (χ4n) is 2.80. The number of nitrogens with one attached hydrogen (secondary N) is 2. The van der Waals surface area contributed by atoms with Gasteiger partial charge in [-0.1, -0.05) is 19.8 Å². The van der Waals surface area contributed by atoms with Crippen molar-refractivity contribution in [3.63, 3.8) is 0 Å². The molecule has 0 radical (unpaired) electrons. The summed E-state index contributed by atoms with van der Waals surface area (Å²) in [5, 5.41) is 6.35. The van der Waals surface area contributed by atoms with Gasteiger partial charge in [-0.3, -0.25) is 4.79 Å². The number of hydrogen-bond donors (Lipinski definition) is 2. The van der Waals surface area contributed by atoms with E-state index in [-0.39, 0.29) is 24.2 Å². The van der Waals surface area contributed by atoms with Crippen LogP contribution >= 0.6 is 12.4 Å². The van der Waals surface area contributed by atoms with Gasteiger partial charge in [-0.05, 0) is 31.6 Å². The standard InChI is InChI=1S/C13H24N2O.ClH/c1-2-3-10-4-6-12(7-5-10)15-13(16)11-8-14-9-11;/h10-12,14H,2-9H2,1H3,(H,15,16);1H. The predicted molar refractivity (Wildman–Crippen MR) is 72.4 cm³/mol. The van der Waals surface area contributed by atoms with Crippen molar-refractivity contribution >= 4 is 18.3 Å². The summed E-state index contributed by atoms with van der Waals surface area (Å²) in [5.41, 5.74) is 0. The monoisotopic (exact) mass is 260 g/mol. The van der Waals surface area contributed by atoms with E-state index in [4.69, 9.17) is 0 Å². The molecular formula is C13H25ClN2O. The molecule has 0 bridgehead atoms. The summed E-state index contributed by atoms with van der Waals surface area (Å²) in [5.74, 6) is 1.44. The van der Waals surface area contributed by atoms with Gasteiger partial charge >= 0.3 is 0 Å². The van der Waals surface area contributed by atoms with Crippen LogP contribution in [0, 0.1) is 11.8 Å². The minimum Gasteiger partial charge on any atom is -0.353 e. The van der Waals surface area contributed by atoms with Crippen LogP contribution in [0.2, 0.25) is 0 Å². The second kappa shape index (κ2) is 7.22. The lowest BCUT2D eigenvalue weighted by molar-refractivity contribution is -0.127. The fraction of sp³-hybridized carbons (Fsp3) is 0.923. The SMILES string of the molecule is CCCC1CCC(NC(=O)C2CNC2)CC1.Cl. The predicted octanol–water partition coefficient (Wildman–Crippen LogP) is 2.10. The van der Waals surface area contributed by atoms with Crippen LogP contribution in [0.25, 0.3) is 0 Å². The average molecular weight is 261 g/mol. The van der Waals surface area contributed by atoms with Gasteiger partial charge in [0.05, 0.1) is 5.92 Å². The zero-order valence-electron chi connectivity index (χ0n) is 10.7. The molecule has 0 aromatic carbocycles. The number of rotatable bonds is 4. The van der Waals surface area contributed by atoms with Crippen LogP contribution < -0.4 is 10.6 Å². The maximum Gasteiger partial charge on any atom is 0.225 e. The van der Waals surface area contributed by atoms with E-state index in [0.29, 0.717) is 6.04 Å². The smallest absolute Gasteiger partial charge is 0.225 e. The quantitative estimate of drug-likeness (QED) is 0.813. The molecular weight excluding hydrogens is 236 g/mol. The third-order valence-electron chi connectivity index (χ3n) is 4.04. The Kier molecular flexibility index (Phi) is 6.28. The Morgan fingerprint density at radius 2 is 1.88 bits per heavy atom. The second-order valence-corrected chi connectivity index (χ2v) is 5.37. The summed E-state index contributed by atoms with van der Waals surface area (Å²) in [6, 6.07) is 0.459. The molecule has 1 aliphatic carbocycles. The summed E-state index contributed by atoms with van der Waals surface area (Å²) in [6.07, 6.45) is 7.67. The number of amides is 1. The molecule has 17 heavy (non-hydrogen) atoms. The molecule has 2 rings (SSSR count). The first-order chi connectivity index (χ1) is 7.79. The molecule has 1 saturated heterocycles. The molecule has 1 saturated carbocycles. The molecule has 0 atom stereocenters. The van der Waals surface area contributed by atoms with Gasteiger partial charge < -0.3 is 10.6 Å². The molecule has 0 aromatic heterocycles. The van der Waals surface area contributed by atoms with Gasteiger partial charge in [0.2, 0.25) is 5.91 Å². The average Bonchev–Trinajstić information content (AvgIpc) is 2.18. The maximum atomic E-state index is 11.7. The van der Waals surface area contributed by atoms with Crippen molar-refractivity contribution in [3.05, 3.63) is 0 Å². The first kappa shape index (κ1) is 14.8. The normalized spacial score (nSPS) is 29.0. The highest BCUT2D eigenvalue weighted by Gasteiger charge is 2.28. The van der Waals surface area contributed by atoms with Crippen molar-refractivity contribution in [2.75, 3.05) is 13.1 Å². The van der Waals surface area contributed by atoms with Crippen molar-refractivity contribution in [1.29, 1.82) is 0 Å². The van der Waals surface area contributed by atoms with Gasteiger partial charge in [0.25, 0.3) is 0 Å². The number of hydrogen-bond acceptors (Lipinski definition) is 2. The van der Waals surface area contributed by atoms with Crippen LogP contribution in [0.3, 0.4) is 0 Å². The van der Waals surface area contributed by atoms with Crippen LogP contribution in [0.5, 0.6) is 0 Å². The second-order valence-electron chi connectivity index (χ2n) is 5.37. The Hall–Kier alpha value is -0.280. The van der Waals surface area contributed by atoms with Gasteiger partial charge in [0, 0.05) is 19.1 Å². The molecule has 4 heteroatoms. The van der Waals surface area contributed by atoms with Crippen molar-refractivity contribution in [3.8, 4) is 0 Å². The fourth-order valence-corrected chi connectivity index (χ4v) is 2.80. The summed E-state index contributed by atoms with van der Waals surface area (Å²) < 4.78 is 0. The molecule has 1 heterocycles. The lowest BCUT2D eigenvalue weighted by atomic mass is 9.83. The molecule has 2 N–H and O–H groups in total. The van der Waals surface area contributed by atoms with E-state index in [1.54, 1.807) is 0 Å². The van der Waals surface area contributed by atoms with Crippen molar-refractivity contribution in [2.45, 2.75) is 51.5 Å². The highest BCUT2D eigenvalue weighted by atomic mass is 35.5. The van der Waals surface area contributed by atoms with Gasteiger partial charge in [0.15, 0.2) is 0 Å². The van der Waals surface area contributed by atoms with E-state index in [1.807, 2.05) is 0 Å². The molecule has 0 spiro atoms. The zero-order chi connectivity index (χ0) is 11.4. The van der Waals surface area contributed by atoms with Crippen molar-refractivity contribution < 1.29 is 4.79 Å². The summed E-state index contributed by atoms with van der Waals surface area (Å²) >= 11 is 0. The first-order valence-electron chi connectivity index (χ1n) is 6.80. The molecule has 0 aromatic rings. The van der Waals surface area contributed by atoms with Crippen LogP contribution in [-0.4, -0.2) is 25.0 Å². The maximum absolute atomic E-state index is 11.7. The molecule has 2 fully saturated rings. The minimum absolute atomic E-state index is 0. The number of halogens is 1. The van der Waals surface area contributed by atoms with Crippen LogP contribution in [-0.2, 0) is 4.79 Å². The molecule has 2 aliphatic rings. The first-order valence-corrected chi connectivity index (χ1v) is 6.80. The largest absolute Gasteiger partial charge is 0.353 e. The third-order valence-corrected chi connectivity index (χ3v) is 4.04. The molecule has 0 unspecified atom stereocenters. The van der Waals surface area contributed by atoms with E-state index in [9.17, 15) is 4.79 Å². The van der Waals surface area contributed by atoms with E-state index in [2.05, 4.69) is 17.6 Å².